The molecule has 0 amide bonds. The van der Waals surface area contributed by atoms with Crippen LogP contribution in [0, 0.1) is 18.2 Å². The van der Waals surface area contributed by atoms with Gasteiger partial charge in [0.05, 0.1) is 16.1 Å². The van der Waals surface area contributed by atoms with Crippen molar-refractivity contribution in [3.05, 3.63) is 28.0 Å². The van der Waals surface area contributed by atoms with Crippen LogP contribution in [0.4, 0.5) is 10.1 Å². The maximum atomic E-state index is 13.1. The van der Waals surface area contributed by atoms with E-state index in [2.05, 4.69) is 11.2 Å². The van der Waals surface area contributed by atoms with E-state index < -0.39 is 5.82 Å². The van der Waals surface area contributed by atoms with Crippen molar-refractivity contribution in [2.24, 2.45) is 0 Å². The molecule has 0 aromatic heterocycles. The quantitative estimate of drug-likeness (QED) is 0.628. The van der Waals surface area contributed by atoms with Crippen molar-refractivity contribution in [2.75, 3.05) is 5.32 Å². The van der Waals surface area contributed by atoms with E-state index in [1.165, 1.54) is 12.1 Å². The number of halogens is 3. The summed E-state index contributed by atoms with van der Waals surface area (Å²) >= 11 is 11.3. The number of hydrogen-bond acceptors (Lipinski definition) is 1. The molecule has 0 spiro atoms. The van der Waals surface area contributed by atoms with Crippen molar-refractivity contribution in [1.82, 2.24) is 0 Å². The van der Waals surface area contributed by atoms with Gasteiger partial charge in [0.2, 0.25) is 0 Å². The van der Waals surface area contributed by atoms with Crippen LogP contribution in [0.3, 0.4) is 0 Å². The van der Waals surface area contributed by atoms with Gasteiger partial charge >= 0.3 is 0 Å². The van der Waals surface area contributed by atoms with E-state index in [1.54, 1.807) is 0 Å². The molecule has 0 saturated carbocycles. The first-order valence-electron chi connectivity index (χ1n) is 4.45. The average molecular weight is 246 g/mol. The van der Waals surface area contributed by atoms with E-state index >= 15 is 0 Å². The summed E-state index contributed by atoms with van der Waals surface area (Å²) in [6.07, 6.45) is 6.05. The minimum Gasteiger partial charge on any atom is -0.371 e. The molecule has 0 bridgehead atoms. The molecule has 15 heavy (non-hydrogen) atoms. The third kappa shape index (κ3) is 3.02. The first kappa shape index (κ1) is 12.2. The number of benzene rings is 1. The lowest BCUT2D eigenvalue weighted by Gasteiger charge is -2.13. The molecular formula is C11H10Cl2FN. The smallest absolute Gasteiger partial charge is 0.160 e. The van der Waals surface area contributed by atoms with Gasteiger partial charge in [-0.25, -0.2) is 4.39 Å². The summed E-state index contributed by atoms with van der Waals surface area (Å²) in [5, 5.41) is 2.98. The fraction of sp³-hybridized carbons (Fsp3) is 0.273. The highest BCUT2D eigenvalue weighted by Gasteiger charge is 2.09. The van der Waals surface area contributed by atoms with E-state index in [0.29, 0.717) is 5.69 Å². The standard InChI is InChI=1S/C11H10Cl2FN/c1-3-7(4-2)15-8-5-9(12)11(14)10(13)6-8/h1,5-7,15H,4H2,2H3. The number of terminal acetylenes is 1. The van der Waals surface area contributed by atoms with Crippen molar-refractivity contribution in [1.29, 1.82) is 0 Å². The molecular weight excluding hydrogens is 236 g/mol. The summed E-state index contributed by atoms with van der Waals surface area (Å²) in [4.78, 5) is 0. The monoisotopic (exact) mass is 245 g/mol. The molecule has 0 saturated heterocycles. The second-order valence-electron chi connectivity index (χ2n) is 3.03. The summed E-state index contributed by atoms with van der Waals surface area (Å²) in [5.41, 5.74) is 0.621. The summed E-state index contributed by atoms with van der Waals surface area (Å²) in [6.45, 7) is 1.95. The van der Waals surface area contributed by atoms with Crippen LogP contribution in [0.2, 0.25) is 10.0 Å². The van der Waals surface area contributed by atoms with Gasteiger partial charge in [0, 0.05) is 5.69 Å². The highest BCUT2D eigenvalue weighted by atomic mass is 35.5. The Morgan fingerprint density at radius 1 is 1.47 bits per heavy atom. The molecule has 0 radical (unpaired) electrons. The van der Waals surface area contributed by atoms with Gasteiger partial charge in [0.15, 0.2) is 5.82 Å². The average Bonchev–Trinajstić information content (AvgIpc) is 2.22. The Bertz CT molecular complexity index is 375. The molecule has 1 nitrogen and oxygen atoms in total. The lowest BCUT2D eigenvalue weighted by molar-refractivity contribution is 0.628. The lowest BCUT2D eigenvalue weighted by atomic mass is 10.2. The van der Waals surface area contributed by atoms with Crippen LogP contribution >= 0.6 is 23.2 Å². The van der Waals surface area contributed by atoms with Gasteiger partial charge in [-0.3, -0.25) is 0 Å². The zero-order chi connectivity index (χ0) is 11.4. The molecule has 4 heteroatoms. The third-order valence-corrected chi connectivity index (χ3v) is 2.48. The van der Waals surface area contributed by atoms with Crippen LogP contribution in [0.25, 0.3) is 0 Å². The first-order chi connectivity index (χ1) is 7.08. The molecule has 0 aliphatic rings. The maximum absolute atomic E-state index is 13.1. The van der Waals surface area contributed by atoms with E-state index in [9.17, 15) is 4.39 Å². The first-order valence-corrected chi connectivity index (χ1v) is 5.21. The predicted octanol–water partition coefficient (Wildman–Crippen LogP) is 3.96. The van der Waals surface area contributed by atoms with E-state index in [0.717, 1.165) is 6.42 Å². The van der Waals surface area contributed by atoms with Gasteiger partial charge in [0.1, 0.15) is 0 Å². The summed E-state index contributed by atoms with van der Waals surface area (Å²) in [5.74, 6) is 1.95. The van der Waals surface area contributed by atoms with Gasteiger partial charge in [-0.1, -0.05) is 36.0 Å². The number of anilines is 1. The van der Waals surface area contributed by atoms with E-state index in [1.807, 2.05) is 6.92 Å². The summed E-state index contributed by atoms with van der Waals surface area (Å²) in [7, 11) is 0. The minimum atomic E-state index is -0.613. The summed E-state index contributed by atoms with van der Waals surface area (Å²) < 4.78 is 13.1. The van der Waals surface area contributed by atoms with Crippen LogP contribution in [0.1, 0.15) is 13.3 Å². The van der Waals surface area contributed by atoms with Crippen molar-refractivity contribution in [3.8, 4) is 12.3 Å². The highest BCUT2D eigenvalue weighted by Crippen LogP contribution is 2.27. The fourth-order valence-corrected chi connectivity index (χ4v) is 1.59. The molecule has 1 atom stereocenters. The molecule has 1 aromatic carbocycles. The molecule has 0 aliphatic carbocycles. The normalized spacial score (nSPS) is 11.9. The van der Waals surface area contributed by atoms with Crippen molar-refractivity contribution >= 4 is 28.9 Å². The topological polar surface area (TPSA) is 12.0 Å². The van der Waals surface area contributed by atoms with Crippen molar-refractivity contribution in [2.45, 2.75) is 19.4 Å². The second kappa shape index (κ2) is 5.25. The van der Waals surface area contributed by atoms with Crippen molar-refractivity contribution < 1.29 is 4.39 Å². The van der Waals surface area contributed by atoms with Gasteiger partial charge in [-0.2, -0.15) is 0 Å². The molecule has 1 aromatic rings. The molecule has 1 rings (SSSR count). The molecule has 1 N–H and O–H groups in total. The van der Waals surface area contributed by atoms with Crippen molar-refractivity contribution in [3.63, 3.8) is 0 Å². The molecule has 0 heterocycles. The molecule has 80 valence electrons. The number of hydrogen-bond donors (Lipinski definition) is 1. The van der Waals surface area contributed by atoms with Gasteiger partial charge in [-0.15, -0.1) is 6.42 Å². The largest absolute Gasteiger partial charge is 0.371 e. The van der Waals surface area contributed by atoms with Crippen LogP contribution < -0.4 is 5.32 Å². The van der Waals surface area contributed by atoms with E-state index in [4.69, 9.17) is 29.6 Å². The lowest BCUT2D eigenvalue weighted by Crippen LogP contribution is -2.15. The molecule has 1 unspecified atom stereocenters. The number of rotatable bonds is 3. The molecule has 0 aliphatic heterocycles. The Labute approximate surface area is 98.6 Å². The number of nitrogens with one attached hydrogen (secondary N) is 1. The van der Waals surface area contributed by atoms with Crippen LogP contribution in [-0.4, -0.2) is 6.04 Å². The Kier molecular flexibility index (Phi) is 4.26. The minimum absolute atomic E-state index is 0.0168. The van der Waals surface area contributed by atoms with Crippen LogP contribution in [0.15, 0.2) is 12.1 Å². The fourth-order valence-electron chi connectivity index (χ4n) is 1.10. The zero-order valence-electron chi connectivity index (χ0n) is 8.15. The maximum Gasteiger partial charge on any atom is 0.160 e. The predicted molar refractivity (Wildman–Crippen MR) is 63.0 cm³/mol. The SMILES string of the molecule is C#CC(CC)Nc1cc(Cl)c(F)c(Cl)c1. The second-order valence-corrected chi connectivity index (χ2v) is 3.84. The van der Waals surface area contributed by atoms with Crippen LogP contribution in [-0.2, 0) is 0 Å². The Morgan fingerprint density at radius 2 is 2.00 bits per heavy atom. The van der Waals surface area contributed by atoms with E-state index in [-0.39, 0.29) is 16.1 Å². The summed E-state index contributed by atoms with van der Waals surface area (Å²) in [6, 6.07) is 2.81. The third-order valence-electron chi connectivity index (χ3n) is 1.93. The Balaban J connectivity index is 2.93. The zero-order valence-corrected chi connectivity index (χ0v) is 9.66. The van der Waals surface area contributed by atoms with Crippen LogP contribution in [0.5, 0.6) is 0 Å². The van der Waals surface area contributed by atoms with Gasteiger partial charge in [-0.05, 0) is 18.6 Å². The highest BCUT2D eigenvalue weighted by molar-refractivity contribution is 6.35. The Morgan fingerprint density at radius 3 is 2.40 bits per heavy atom. The Hall–Kier alpha value is -0.910. The van der Waals surface area contributed by atoms with Gasteiger partial charge < -0.3 is 5.32 Å². The van der Waals surface area contributed by atoms with Gasteiger partial charge in [0.25, 0.3) is 0 Å². The molecule has 0 fully saturated rings.